The van der Waals surface area contributed by atoms with E-state index >= 15 is 0 Å². The van der Waals surface area contributed by atoms with E-state index in [0.29, 0.717) is 22.7 Å². The van der Waals surface area contributed by atoms with Crippen LogP contribution in [0, 0.1) is 0 Å². The molecule has 0 radical (unpaired) electrons. The van der Waals surface area contributed by atoms with Crippen LogP contribution in [0.4, 0.5) is 10.2 Å². The van der Waals surface area contributed by atoms with Crippen molar-refractivity contribution in [2.24, 2.45) is 0 Å². The van der Waals surface area contributed by atoms with Crippen LogP contribution in [-0.4, -0.2) is 41.5 Å². The lowest BCUT2D eigenvalue weighted by Crippen LogP contribution is -2.19. The van der Waals surface area contributed by atoms with Gasteiger partial charge >= 0.3 is 0 Å². The monoisotopic (exact) mass is 317 g/mol. The Balaban J connectivity index is 1.83. The molecule has 2 aromatic heterocycles. The number of nitrogens with one attached hydrogen (secondary N) is 1. The van der Waals surface area contributed by atoms with Gasteiger partial charge in [-0.1, -0.05) is 0 Å². The number of benzene rings is 1. The molecule has 0 spiro atoms. The van der Waals surface area contributed by atoms with Gasteiger partial charge in [-0.05, 0) is 24.3 Å². The molecular formula is C16H16FN3O3. The summed E-state index contributed by atoms with van der Waals surface area (Å²) in [5.74, 6) is 1.71. The van der Waals surface area contributed by atoms with E-state index in [1.165, 1.54) is 0 Å². The number of ether oxygens (including phenoxy) is 1. The zero-order chi connectivity index (χ0) is 16.2. The highest BCUT2D eigenvalue weighted by molar-refractivity contribution is 5.77. The zero-order valence-electron chi connectivity index (χ0n) is 12.5. The van der Waals surface area contributed by atoms with Crippen LogP contribution in [-0.2, 0) is 0 Å². The number of alkyl halides is 1. The number of hydrogen-bond donors (Lipinski definition) is 2. The van der Waals surface area contributed by atoms with E-state index in [0.717, 1.165) is 11.4 Å². The summed E-state index contributed by atoms with van der Waals surface area (Å²) in [5, 5.41) is 12.1. The fourth-order valence-corrected chi connectivity index (χ4v) is 2.03. The summed E-state index contributed by atoms with van der Waals surface area (Å²) in [7, 11) is 1.79. The number of aliphatic hydroxyl groups excluding tert-OH is 1. The third kappa shape index (κ3) is 3.40. The molecule has 2 N–H and O–H groups in total. The first kappa shape index (κ1) is 15.2. The molecule has 1 atom stereocenters. The predicted molar refractivity (Wildman–Crippen MR) is 84.3 cm³/mol. The van der Waals surface area contributed by atoms with Crippen molar-refractivity contribution < 1.29 is 18.7 Å². The summed E-state index contributed by atoms with van der Waals surface area (Å²) >= 11 is 0. The molecule has 7 heteroatoms. The van der Waals surface area contributed by atoms with Crippen LogP contribution in [0.15, 0.2) is 40.9 Å². The van der Waals surface area contributed by atoms with Gasteiger partial charge in [0.05, 0.1) is 5.56 Å². The molecule has 0 bridgehead atoms. The minimum Gasteiger partial charge on any atom is -0.491 e. The molecule has 0 aliphatic heterocycles. The SMILES string of the molecule is CNc1ccc(-c2nc3cc(OC[C@@H](O)CF)ccc3o2)cn1. The smallest absolute Gasteiger partial charge is 0.228 e. The Bertz CT molecular complexity index is 789. The van der Waals surface area contributed by atoms with Crippen LogP contribution in [0.1, 0.15) is 0 Å². The fraction of sp³-hybridized carbons (Fsp3) is 0.250. The van der Waals surface area contributed by atoms with Crippen molar-refractivity contribution in [3.05, 3.63) is 36.5 Å². The van der Waals surface area contributed by atoms with Crippen molar-refractivity contribution >= 4 is 16.9 Å². The van der Waals surface area contributed by atoms with Crippen LogP contribution in [0.2, 0.25) is 0 Å². The second-order valence-electron chi connectivity index (χ2n) is 4.95. The van der Waals surface area contributed by atoms with E-state index in [4.69, 9.17) is 9.15 Å². The second-order valence-corrected chi connectivity index (χ2v) is 4.95. The summed E-state index contributed by atoms with van der Waals surface area (Å²) in [6, 6.07) is 8.78. The van der Waals surface area contributed by atoms with Gasteiger partial charge in [-0.15, -0.1) is 0 Å². The van der Waals surface area contributed by atoms with Crippen LogP contribution in [0.3, 0.4) is 0 Å². The third-order valence-electron chi connectivity index (χ3n) is 3.25. The van der Waals surface area contributed by atoms with Gasteiger partial charge in [-0.2, -0.15) is 0 Å². The lowest BCUT2D eigenvalue weighted by Gasteiger charge is -2.08. The van der Waals surface area contributed by atoms with Gasteiger partial charge in [-0.25, -0.2) is 14.4 Å². The van der Waals surface area contributed by atoms with Crippen molar-refractivity contribution in [2.75, 3.05) is 25.6 Å². The average molecular weight is 317 g/mol. The molecule has 0 saturated carbocycles. The minimum absolute atomic E-state index is 0.109. The molecule has 0 saturated heterocycles. The number of rotatable bonds is 6. The molecule has 0 aliphatic rings. The van der Waals surface area contributed by atoms with Crippen LogP contribution in [0.5, 0.6) is 5.75 Å². The first-order chi connectivity index (χ1) is 11.2. The maximum absolute atomic E-state index is 12.2. The Morgan fingerprint density at radius 1 is 1.35 bits per heavy atom. The highest BCUT2D eigenvalue weighted by atomic mass is 19.1. The number of aromatic nitrogens is 2. The van der Waals surface area contributed by atoms with Crippen LogP contribution >= 0.6 is 0 Å². The number of nitrogens with zero attached hydrogens (tertiary/aromatic N) is 2. The Labute approximate surface area is 131 Å². The average Bonchev–Trinajstić information content (AvgIpc) is 3.03. The van der Waals surface area contributed by atoms with Crippen LogP contribution in [0.25, 0.3) is 22.6 Å². The highest BCUT2D eigenvalue weighted by Crippen LogP contribution is 2.27. The summed E-state index contributed by atoms with van der Waals surface area (Å²) in [6.07, 6.45) is 0.543. The molecule has 23 heavy (non-hydrogen) atoms. The summed E-state index contributed by atoms with van der Waals surface area (Å²) in [5.41, 5.74) is 1.98. The van der Waals surface area contributed by atoms with E-state index in [1.807, 2.05) is 12.1 Å². The molecule has 0 amide bonds. The van der Waals surface area contributed by atoms with E-state index in [-0.39, 0.29) is 6.61 Å². The van der Waals surface area contributed by atoms with Crippen molar-refractivity contribution in [2.45, 2.75) is 6.10 Å². The number of oxazole rings is 1. The maximum atomic E-state index is 12.2. The molecule has 2 heterocycles. The Hall–Kier alpha value is -2.67. The lowest BCUT2D eigenvalue weighted by atomic mass is 10.3. The topological polar surface area (TPSA) is 80.4 Å². The lowest BCUT2D eigenvalue weighted by molar-refractivity contribution is 0.0842. The first-order valence-corrected chi connectivity index (χ1v) is 7.11. The molecule has 0 unspecified atom stereocenters. The van der Waals surface area contributed by atoms with E-state index in [1.54, 1.807) is 31.4 Å². The number of fused-ring (bicyclic) bond motifs is 1. The van der Waals surface area contributed by atoms with E-state index < -0.39 is 12.8 Å². The summed E-state index contributed by atoms with van der Waals surface area (Å²) < 4.78 is 23.2. The number of aliphatic hydroxyl groups is 1. The Kier molecular flexibility index (Phi) is 4.38. The third-order valence-corrected chi connectivity index (χ3v) is 3.25. The van der Waals surface area contributed by atoms with Crippen molar-refractivity contribution in [3.63, 3.8) is 0 Å². The van der Waals surface area contributed by atoms with Crippen molar-refractivity contribution in [3.8, 4) is 17.2 Å². The maximum Gasteiger partial charge on any atom is 0.228 e. The van der Waals surface area contributed by atoms with Crippen molar-refractivity contribution in [1.29, 1.82) is 0 Å². The largest absolute Gasteiger partial charge is 0.491 e. The number of hydrogen-bond acceptors (Lipinski definition) is 6. The van der Waals surface area contributed by atoms with Crippen molar-refractivity contribution in [1.82, 2.24) is 9.97 Å². The predicted octanol–water partition coefficient (Wildman–Crippen LogP) is 2.64. The van der Waals surface area contributed by atoms with Crippen LogP contribution < -0.4 is 10.1 Å². The fourth-order valence-electron chi connectivity index (χ4n) is 2.03. The van der Waals surface area contributed by atoms with E-state index in [2.05, 4.69) is 15.3 Å². The van der Waals surface area contributed by atoms with E-state index in [9.17, 15) is 9.50 Å². The Morgan fingerprint density at radius 2 is 2.22 bits per heavy atom. The van der Waals surface area contributed by atoms with Gasteiger partial charge in [0.1, 0.15) is 36.5 Å². The number of anilines is 1. The number of pyridine rings is 1. The van der Waals surface area contributed by atoms with Gasteiger partial charge in [-0.3, -0.25) is 0 Å². The molecule has 0 aliphatic carbocycles. The molecule has 0 fully saturated rings. The van der Waals surface area contributed by atoms with Gasteiger partial charge in [0, 0.05) is 19.3 Å². The van der Waals surface area contributed by atoms with Gasteiger partial charge < -0.3 is 19.6 Å². The molecule has 6 nitrogen and oxygen atoms in total. The highest BCUT2D eigenvalue weighted by Gasteiger charge is 2.10. The Morgan fingerprint density at radius 3 is 2.91 bits per heavy atom. The summed E-state index contributed by atoms with van der Waals surface area (Å²) in [6.45, 7) is -0.950. The quantitative estimate of drug-likeness (QED) is 0.727. The second kappa shape index (κ2) is 6.62. The number of halogens is 1. The van der Waals surface area contributed by atoms with Gasteiger partial charge in [0.2, 0.25) is 5.89 Å². The molecule has 3 aromatic rings. The van der Waals surface area contributed by atoms with Gasteiger partial charge in [0.25, 0.3) is 0 Å². The standard InChI is InChI=1S/C16H16FN3O3/c1-18-15-5-2-10(8-19-15)16-20-13-6-12(3-4-14(13)23-16)22-9-11(21)7-17/h2-6,8,11,21H,7,9H2,1H3,(H,18,19)/t11-/m0/s1. The molecule has 120 valence electrons. The normalized spacial score (nSPS) is 12.3. The molecular weight excluding hydrogens is 301 g/mol. The van der Waals surface area contributed by atoms with Gasteiger partial charge in [0.15, 0.2) is 5.58 Å². The molecule has 3 rings (SSSR count). The molecule has 1 aromatic carbocycles. The summed E-state index contributed by atoms with van der Waals surface area (Å²) in [4.78, 5) is 8.62. The zero-order valence-corrected chi connectivity index (χ0v) is 12.5. The minimum atomic E-state index is -1.13. The first-order valence-electron chi connectivity index (χ1n) is 7.11.